The Hall–Kier alpha value is -0.990. The Bertz CT molecular complexity index is 225. The van der Waals surface area contributed by atoms with Crippen molar-refractivity contribution in [2.45, 2.75) is 38.6 Å². The lowest BCUT2D eigenvalue weighted by Gasteiger charge is -2.35. The van der Waals surface area contributed by atoms with Crippen LogP contribution in [-0.2, 0) is 4.79 Å². The summed E-state index contributed by atoms with van der Waals surface area (Å²) in [6.45, 7) is 2.24. The summed E-state index contributed by atoms with van der Waals surface area (Å²) in [4.78, 5) is 12.4. The lowest BCUT2D eigenvalue weighted by atomic mass is 9.85. The maximum Gasteiger partial charge on any atom is 0.329 e. The van der Waals surface area contributed by atoms with Crippen LogP contribution in [0.4, 0.5) is 0 Å². The molecule has 0 radical (unpaired) electrons. The van der Waals surface area contributed by atoms with Crippen molar-refractivity contribution in [2.24, 2.45) is 5.92 Å². The van der Waals surface area contributed by atoms with E-state index in [1.807, 2.05) is 11.9 Å². The van der Waals surface area contributed by atoms with E-state index in [1.54, 1.807) is 6.20 Å². The minimum atomic E-state index is -0.875. The fourth-order valence-corrected chi connectivity index (χ4v) is 2.19. The fourth-order valence-electron chi connectivity index (χ4n) is 2.19. The number of nitrogens with zero attached hydrogens (tertiary/aromatic N) is 1. The number of carboxylic acid groups (broad SMARTS) is 1. The van der Waals surface area contributed by atoms with Crippen LogP contribution in [-0.4, -0.2) is 29.1 Å². The fraction of sp³-hybridized carbons (Fsp3) is 0.727. The molecule has 1 N–H and O–H groups in total. The van der Waals surface area contributed by atoms with Crippen molar-refractivity contribution < 1.29 is 9.90 Å². The molecule has 1 saturated carbocycles. The number of carbonyl (C=O) groups is 1. The van der Waals surface area contributed by atoms with Gasteiger partial charge in [-0.3, -0.25) is 0 Å². The minimum Gasteiger partial charge on any atom is -0.478 e. The van der Waals surface area contributed by atoms with Crippen LogP contribution in [0.5, 0.6) is 0 Å². The van der Waals surface area contributed by atoms with E-state index in [1.165, 1.54) is 31.8 Å². The van der Waals surface area contributed by atoms with Crippen LogP contribution >= 0.6 is 0 Å². The number of hydrogen-bond acceptors (Lipinski definition) is 2. The summed E-state index contributed by atoms with van der Waals surface area (Å²) >= 11 is 0. The summed E-state index contributed by atoms with van der Waals surface area (Å²) in [5.41, 5.74) is 0. The molecule has 2 unspecified atom stereocenters. The monoisotopic (exact) mass is 197 g/mol. The molecule has 0 amide bonds. The van der Waals surface area contributed by atoms with Crippen LogP contribution in [0.3, 0.4) is 0 Å². The van der Waals surface area contributed by atoms with Crippen molar-refractivity contribution in [2.75, 3.05) is 7.05 Å². The predicted octanol–water partition coefficient (Wildman–Crippen LogP) is 2.10. The Morgan fingerprint density at radius 2 is 2.07 bits per heavy atom. The average Bonchev–Trinajstić information content (AvgIpc) is 2.15. The topological polar surface area (TPSA) is 40.5 Å². The van der Waals surface area contributed by atoms with Gasteiger partial charge in [0, 0.05) is 25.4 Å². The third-order valence-corrected chi connectivity index (χ3v) is 3.04. The van der Waals surface area contributed by atoms with Crippen LogP contribution in [0.1, 0.15) is 32.6 Å². The maximum atomic E-state index is 10.4. The molecular weight excluding hydrogens is 178 g/mol. The second kappa shape index (κ2) is 5.03. The molecule has 0 heterocycles. The largest absolute Gasteiger partial charge is 0.478 e. The molecule has 80 valence electrons. The predicted molar refractivity (Wildman–Crippen MR) is 56.0 cm³/mol. The summed E-state index contributed by atoms with van der Waals surface area (Å²) < 4.78 is 0. The van der Waals surface area contributed by atoms with Crippen LogP contribution in [0.15, 0.2) is 12.3 Å². The van der Waals surface area contributed by atoms with Crippen LogP contribution < -0.4 is 0 Å². The van der Waals surface area contributed by atoms with Gasteiger partial charge in [-0.05, 0) is 18.8 Å². The third-order valence-electron chi connectivity index (χ3n) is 3.04. The lowest BCUT2D eigenvalue weighted by Crippen LogP contribution is -2.35. The first-order chi connectivity index (χ1) is 6.61. The minimum absolute atomic E-state index is 0.513. The van der Waals surface area contributed by atoms with E-state index in [4.69, 9.17) is 5.11 Å². The molecule has 1 aliphatic carbocycles. The van der Waals surface area contributed by atoms with Crippen molar-refractivity contribution in [1.82, 2.24) is 4.90 Å². The maximum absolute atomic E-state index is 10.4. The van der Waals surface area contributed by atoms with Gasteiger partial charge in [-0.15, -0.1) is 0 Å². The molecule has 2 atom stereocenters. The van der Waals surface area contributed by atoms with Crippen molar-refractivity contribution in [3.8, 4) is 0 Å². The van der Waals surface area contributed by atoms with E-state index in [2.05, 4.69) is 6.92 Å². The first-order valence-corrected chi connectivity index (χ1v) is 5.24. The highest BCUT2D eigenvalue weighted by Gasteiger charge is 2.23. The molecular formula is C11H19NO2. The SMILES string of the molecule is CC1CCCCC1N(C)C=CC(=O)O. The molecule has 0 saturated heterocycles. The molecule has 1 fully saturated rings. The van der Waals surface area contributed by atoms with E-state index < -0.39 is 5.97 Å². The Kier molecular flexibility index (Phi) is 3.98. The van der Waals surface area contributed by atoms with Crippen molar-refractivity contribution in [1.29, 1.82) is 0 Å². The zero-order valence-corrected chi connectivity index (χ0v) is 8.94. The van der Waals surface area contributed by atoms with E-state index in [9.17, 15) is 4.79 Å². The second-order valence-electron chi connectivity index (χ2n) is 4.15. The highest BCUT2D eigenvalue weighted by Crippen LogP contribution is 2.27. The quantitative estimate of drug-likeness (QED) is 0.704. The summed E-state index contributed by atoms with van der Waals surface area (Å²) in [6.07, 6.45) is 7.90. The van der Waals surface area contributed by atoms with E-state index >= 15 is 0 Å². The number of carboxylic acids is 1. The lowest BCUT2D eigenvalue weighted by molar-refractivity contribution is -0.131. The Labute approximate surface area is 85.4 Å². The smallest absolute Gasteiger partial charge is 0.329 e. The van der Waals surface area contributed by atoms with Gasteiger partial charge in [-0.1, -0.05) is 19.8 Å². The Morgan fingerprint density at radius 1 is 1.43 bits per heavy atom. The highest BCUT2D eigenvalue weighted by molar-refractivity contribution is 5.79. The Morgan fingerprint density at radius 3 is 2.64 bits per heavy atom. The van der Waals surface area contributed by atoms with E-state index in [-0.39, 0.29) is 0 Å². The normalized spacial score (nSPS) is 27.9. The summed E-state index contributed by atoms with van der Waals surface area (Å²) in [6, 6.07) is 0.513. The standard InChI is InChI=1S/C11H19NO2/c1-9-5-3-4-6-10(9)12(2)8-7-11(13)14/h7-10H,3-6H2,1-2H3,(H,13,14). The van der Waals surface area contributed by atoms with Crippen molar-refractivity contribution in [3.05, 3.63) is 12.3 Å². The summed E-state index contributed by atoms with van der Waals surface area (Å²) in [5.74, 6) is -0.201. The van der Waals surface area contributed by atoms with Gasteiger partial charge < -0.3 is 10.0 Å². The first-order valence-electron chi connectivity index (χ1n) is 5.24. The van der Waals surface area contributed by atoms with Gasteiger partial charge in [-0.2, -0.15) is 0 Å². The van der Waals surface area contributed by atoms with Gasteiger partial charge in [0.25, 0.3) is 0 Å². The van der Waals surface area contributed by atoms with Crippen molar-refractivity contribution >= 4 is 5.97 Å². The third kappa shape index (κ3) is 3.05. The molecule has 0 spiro atoms. The van der Waals surface area contributed by atoms with Gasteiger partial charge in [0.2, 0.25) is 0 Å². The molecule has 0 aliphatic heterocycles. The molecule has 14 heavy (non-hydrogen) atoms. The zero-order chi connectivity index (χ0) is 10.6. The molecule has 1 aliphatic rings. The van der Waals surface area contributed by atoms with E-state index in [0.29, 0.717) is 12.0 Å². The van der Waals surface area contributed by atoms with Gasteiger partial charge in [-0.25, -0.2) is 4.79 Å². The molecule has 0 aromatic heterocycles. The molecule has 0 aromatic carbocycles. The van der Waals surface area contributed by atoms with Crippen LogP contribution in [0.2, 0.25) is 0 Å². The summed E-state index contributed by atoms with van der Waals surface area (Å²) in [5, 5.41) is 8.51. The molecule has 3 nitrogen and oxygen atoms in total. The van der Waals surface area contributed by atoms with Crippen LogP contribution in [0.25, 0.3) is 0 Å². The van der Waals surface area contributed by atoms with Crippen molar-refractivity contribution in [3.63, 3.8) is 0 Å². The molecule has 0 aromatic rings. The van der Waals surface area contributed by atoms with Crippen LogP contribution in [0, 0.1) is 5.92 Å². The Balaban J connectivity index is 2.49. The zero-order valence-electron chi connectivity index (χ0n) is 8.94. The van der Waals surface area contributed by atoms with E-state index in [0.717, 1.165) is 0 Å². The average molecular weight is 197 g/mol. The van der Waals surface area contributed by atoms with Gasteiger partial charge in [0.15, 0.2) is 0 Å². The molecule has 3 heteroatoms. The van der Waals surface area contributed by atoms with Gasteiger partial charge >= 0.3 is 5.97 Å². The number of aliphatic carboxylic acids is 1. The van der Waals surface area contributed by atoms with Gasteiger partial charge in [0.1, 0.15) is 0 Å². The molecule has 1 rings (SSSR count). The number of hydrogen-bond donors (Lipinski definition) is 1. The second-order valence-corrected chi connectivity index (χ2v) is 4.15. The summed E-state index contributed by atoms with van der Waals surface area (Å²) in [7, 11) is 1.96. The first kappa shape index (κ1) is 11.1. The number of rotatable bonds is 3. The molecule has 0 bridgehead atoms. The van der Waals surface area contributed by atoms with Gasteiger partial charge in [0.05, 0.1) is 0 Å². The highest BCUT2D eigenvalue weighted by atomic mass is 16.4.